The minimum atomic E-state index is -0.813. The average Bonchev–Trinajstić information content (AvgIpc) is 3.34. The lowest BCUT2D eigenvalue weighted by Crippen LogP contribution is -2.47. The van der Waals surface area contributed by atoms with Crippen LogP contribution in [0.15, 0.2) is 143 Å². The maximum atomic E-state index is 13.7. The summed E-state index contributed by atoms with van der Waals surface area (Å²) in [5, 5.41) is 6.59. The van der Waals surface area contributed by atoms with E-state index in [1.165, 1.54) is 10.3 Å². The van der Waals surface area contributed by atoms with Crippen LogP contribution in [0.2, 0.25) is 0 Å². The third-order valence-corrected chi connectivity index (χ3v) is 12.0. The van der Waals surface area contributed by atoms with E-state index in [1.54, 1.807) is 63.3 Å². The van der Waals surface area contributed by atoms with Crippen molar-refractivity contribution in [3.8, 4) is 23.0 Å². The van der Waals surface area contributed by atoms with Crippen molar-refractivity contribution in [3.63, 3.8) is 0 Å². The van der Waals surface area contributed by atoms with E-state index >= 15 is 0 Å². The monoisotopic (exact) mass is 990 g/mol. The van der Waals surface area contributed by atoms with Crippen LogP contribution >= 0.6 is 31.9 Å². The standard InChI is InChI=1S/C48H44Br2N6O8/c1-59-43-27-41(49)37-19-25-53(29-39(37)47(43)61-31-33-9-5-3-6-10-33)55(35-15-21-51-22-16-35)63-45(57)13-14-46(58)64-56(36-17-23-52-24-18-36)54-26-20-38-40(30-54)48(44(60-2)28-42(38)50)62-32-34-11-7-4-8-12-34/h3-18,21-24,27-28H,19-20,25-26,29-32H2,1-2H3/b14-13+. The van der Waals surface area contributed by atoms with Crippen molar-refractivity contribution < 1.29 is 38.2 Å². The fourth-order valence-electron chi connectivity index (χ4n) is 7.52. The second-order valence-electron chi connectivity index (χ2n) is 14.6. The first-order valence-corrected chi connectivity index (χ1v) is 22.0. The van der Waals surface area contributed by atoms with Gasteiger partial charge in [-0.25, -0.2) is 9.59 Å². The SMILES string of the molecule is COc1cc(Br)c2c(c1OCc1ccccc1)CN(N(OC(=O)/C=C/C(=O)ON(c1ccncc1)N1CCc3c(Br)cc(OC)c(OCc4ccccc4)c3C1)c1ccncc1)CC2. The van der Waals surface area contributed by atoms with Crippen molar-refractivity contribution >= 4 is 55.2 Å². The molecule has 0 unspecified atom stereocenters. The molecule has 0 spiro atoms. The maximum Gasteiger partial charge on any atom is 0.358 e. The van der Waals surface area contributed by atoms with Crippen molar-refractivity contribution in [2.45, 2.75) is 39.1 Å². The quantitative estimate of drug-likeness (QED) is 0.0676. The lowest BCUT2D eigenvalue weighted by atomic mass is 9.99. The van der Waals surface area contributed by atoms with E-state index in [2.05, 4.69) is 41.8 Å². The zero-order chi connectivity index (χ0) is 44.4. The number of halogens is 2. The zero-order valence-electron chi connectivity index (χ0n) is 35.1. The number of hydrogen-bond donors (Lipinski definition) is 0. The number of fused-ring (bicyclic) bond motifs is 2. The van der Waals surface area contributed by atoms with Gasteiger partial charge in [-0.3, -0.25) is 9.97 Å². The van der Waals surface area contributed by atoms with E-state index in [4.69, 9.17) is 28.6 Å². The van der Waals surface area contributed by atoms with Crippen molar-refractivity contribution in [2.75, 3.05) is 37.7 Å². The lowest BCUT2D eigenvalue weighted by Gasteiger charge is -2.38. The molecule has 4 aromatic carbocycles. The van der Waals surface area contributed by atoms with Gasteiger partial charge in [-0.1, -0.05) is 92.5 Å². The van der Waals surface area contributed by atoms with Gasteiger partial charge in [-0.2, -0.15) is 10.0 Å². The van der Waals surface area contributed by atoms with E-state index in [0.717, 1.165) is 54.5 Å². The number of hydrogen-bond acceptors (Lipinski definition) is 14. The molecule has 0 aliphatic carbocycles. The Morgan fingerprint density at radius 1 is 0.594 bits per heavy atom. The maximum absolute atomic E-state index is 13.7. The highest BCUT2D eigenvalue weighted by Gasteiger charge is 2.32. The molecule has 8 rings (SSSR count). The second kappa shape index (κ2) is 20.8. The smallest absolute Gasteiger partial charge is 0.358 e. The summed E-state index contributed by atoms with van der Waals surface area (Å²) in [6.07, 6.45) is 9.69. The van der Waals surface area contributed by atoms with Gasteiger partial charge < -0.3 is 28.6 Å². The number of ether oxygens (including phenoxy) is 4. The van der Waals surface area contributed by atoms with Gasteiger partial charge in [0.15, 0.2) is 23.0 Å². The van der Waals surface area contributed by atoms with E-state index in [1.807, 2.05) is 82.8 Å². The molecule has 2 aliphatic rings. The Kier molecular flexibility index (Phi) is 14.4. The number of carbonyl (C=O) groups is 2. The Morgan fingerprint density at radius 2 is 0.984 bits per heavy atom. The van der Waals surface area contributed by atoms with Crippen LogP contribution in [0.3, 0.4) is 0 Å². The summed E-state index contributed by atoms with van der Waals surface area (Å²) in [5.74, 6) is 0.693. The van der Waals surface area contributed by atoms with Crippen molar-refractivity contribution in [1.29, 1.82) is 0 Å². The summed E-state index contributed by atoms with van der Waals surface area (Å²) in [7, 11) is 3.20. The van der Waals surface area contributed by atoms with Gasteiger partial charge >= 0.3 is 11.9 Å². The molecule has 64 heavy (non-hydrogen) atoms. The van der Waals surface area contributed by atoms with Gasteiger partial charge in [0, 0.05) is 70.1 Å². The number of carbonyl (C=O) groups excluding carboxylic acids is 2. The van der Waals surface area contributed by atoms with Gasteiger partial charge in [0.2, 0.25) is 0 Å². The van der Waals surface area contributed by atoms with Crippen molar-refractivity contribution in [1.82, 2.24) is 20.0 Å². The van der Waals surface area contributed by atoms with Gasteiger partial charge in [-0.15, -0.1) is 10.3 Å². The number of pyridine rings is 2. The summed E-state index contributed by atoms with van der Waals surface area (Å²) in [5.41, 5.74) is 6.96. The Morgan fingerprint density at radius 3 is 1.36 bits per heavy atom. The average molecular weight is 993 g/mol. The molecule has 0 bridgehead atoms. The van der Waals surface area contributed by atoms with Crippen LogP contribution in [0.5, 0.6) is 23.0 Å². The molecule has 2 aromatic heterocycles. The number of benzene rings is 4. The number of methoxy groups -OCH3 is 2. The molecule has 2 aliphatic heterocycles. The first-order valence-electron chi connectivity index (χ1n) is 20.4. The predicted molar refractivity (Wildman–Crippen MR) is 246 cm³/mol. The molecule has 0 N–H and O–H groups in total. The molecule has 0 saturated carbocycles. The minimum absolute atomic E-state index is 0.303. The van der Waals surface area contributed by atoms with Gasteiger partial charge in [-0.05, 0) is 71.5 Å². The number of rotatable bonds is 16. The van der Waals surface area contributed by atoms with Crippen LogP contribution < -0.4 is 29.3 Å². The number of anilines is 2. The summed E-state index contributed by atoms with van der Waals surface area (Å²) in [6, 6.07) is 30.5. The highest BCUT2D eigenvalue weighted by molar-refractivity contribution is 9.10. The first kappa shape index (κ1) is 44.2. The normalized spacial score (nSPS) is 13.6. The summed E-state index contributed by atoms with van der Waals surface area (Å²) >= 11 is 7.47. The number of aromatic nitrogens is 2. The van der Waals surface area contributed by atoms with E-state index < -0.39 is 11.9 Å². The van der Waals surface area contributed by atoms with Gasteiger partial charge in [0.25, 0.3) is 0 Å². The fraction of sp³-hybridized carbons (Fsp3) is 0.208. The largest absolute Gasteiger partial charge is 0.493 e. The summed E-state index contributed by atoms with van der Waals surface area (Å²) < 4.78 is 26.2. The molecule has 328 valence electrons. The topological polar surface area (TPSA) is 128 Å². The highest BCUT2D eigenvalue weighted by Crippen LogP contribution is 2.44. The highest BCUT2D eigenvalue weighted by atomic mass is 79.9. The summed E-state index contributed by atoms with van der Waals surface area (Å²) in [6.45, 7) is 2.23. The number of hydrazine groups is 2. The van der Waals surface area contributed by atoms with Crippen LogP contribution in [0, 0.1) is 0 Å². The van der Waals surface area contributed by atoms with Crippen LogP contribution in [0.1, 0.15) is 33.4 Å². The van der Waals surface area contributed by atoms with E-state index in [-0.39, 0.29) is 0 Å². The van der Waals surface area contributed by atoms with Crippen LogP contribution in [-0.4, -0.2) is 59.2 Å². The first-order chi connectivity index (χ1) is 31.3. The Hall–Kier alpha value is -6.46. The zero-order valence-corrected chi connectivity index (χ0v) is 38.2. The van der Waals surface area contributed by atoms with Gasteiger partial charge in [0.05, 0.1) is 38.7 Å². The molecule has 0 saturated heterocycles. The third kappa shape index (κ3) is 10.3. The van der Waals surface area contributed by atoms with E-state index in [9.17, 15) is 9.59 Å². The van der Waals surface area contributed by atoms with Crippen LogP contribution in [0.25, 0.3) is 0 Å². The third-order valence-electron chi connectivity index (χ3n) is 10.6. The molecule has 16 heteroatoms. The lowest BCUT2D eigenvalue weighted by molar-refractivity contribution is -0.149. The molecule has 0 radical (unpaired) electrons. The molecule has 0 amide bonds. The van der Waals surface area contributed by atoms with Crippen molar-refractivity contribution in [2.24, 2.45) is 0 Å². The molecular formula is C48H44Br2N6O8. The molecule has 14 nitrogen and oxygen atoms in total. The van der Waals surface area contributed by atoms with Crippen LogP contribution in [-0.2, 0) is 58.4 Å². The predicted octanol–water partition coefficient (Wildman–Crippen LogP) is 8.91. The summed E-state index contributed by atoms with van der Waals surface area (Å²) in [4.78, 5) is 47.7. The second-order valence-corrected chi connectivity index (χ2v) is 16.3. The minimum Gasteiger partial charge on any atom is -0.493 e. The Bertz CT molecular complexity index is 2410. The van der Waals surface area contributed by atoms with Gasteiger partial charge in [0.1, 0.15) is 13.2 Å². The molecule has 0 fully saturated rings. The van der Waals surface area contributed by atoms with Crippen LogP contribution in [0.4, 0.5) is 11.4 Å². The molecular weight excluding hydrogens is 948 g/mol. The molecule has 0 atom stereocenters. The van der Waals surface area contributed by atoms with E-state index in [0.29, 0.717) is 86.6 Å². The Labute approximate surface area is 387 Å². The number of nitrogens with zero attached hydrogens (tertiary/aromatic N) is 6. The fourth-order valence-corrected chi connectivity index (χ4v) is 8.81. The van der Waals surface area contributed by atoms with Crippen molar-refractivity contribution in [3.05, 3.63) is 176 Å². The molecule has 4 heterocycles. The molecule has 6 aromatic rings. The Balaban J connectivity index is 1.00.